The number of nitrogens with zero attached hydrogens (tertiary/aromatic N) is 4. The van der Waals surface area contributed by atoms with Crippen LogP contribution in [0.5, 0.6) is 0 Å². The van der Waals surface area contributed by atoms with Gasteiger partial charge >= 0.3 is 0 Å². The molecule has 0 radical (unpaired) electrons. The first-order chi connectivity index (χ1) is 14.6. The summed E-state index contributed by atoms with van der Waals surface area (Å²) in [5.41, 5.74) is 2.14. The molecule has 1 aliphatic heterocycles. The second-order valence-electron chi connectivity index (χ2n) is 7.41. The number of hydrogen-bond acceptors (Lipinski definition) is 4. The van der Waals surface area contributed by atoms with Gasteiger partial charge in [0.05, 0.1) is 18.8 Å². The molecule has 30 heavy (non-hydrogen) atoms. The van der Waals surface area contributed by atoms with Gasteiger partial charge in [-0.2, -0.15) is 0 Å². The molecule has 3 aromatic rings. The van der Waals surface area contributed by atoms with E-state index >= 15 is 0 Å². The van der Waals surface area contributed by atoms with E-state index in [0.29, 0.717) is 18.1 Å². The van der Waals surface area contributed by atoms with Gasteiger partial charge < -0.3 is 5.32 Å². The first-order valence-electron chi connectivity index (χ1n) is 10.0. The number of likely N-dealkylation sites (tertiary alicyclic amines) is 1. The number of rotatable bonds is 7. The molecule has 156 valence electrons. The number of halogens is 2. The van der Waals surface area contributed by atoms with Crippen molar-refractivity contribution < 1.29 is 9.18 Å². The minimum absolute atomic E-state index is 0.00443. The lowest BCUT2D eigenvalue weighted by Gasteiger charge is -2.28. The number of carbonyl (C=O) groups is 1. The molecule has 1 unspecified atom stereocenters. The quantitative estimate of drug-likeness (QED) is 0.624. The maximum Gasteiger partial charge on any atom is 0.273 e. The van der Waals surface area contributed by atoms with Crippen molar-refractivity contribution in [2.45, 2.75) is 25.4 Å². The van der Waals surface area contributed by atoms with Crippen molar-refractivity contribution in [2.75, 3.05) is 19.6 Å². The SMILES string of the molecule is O=C(NCC(c1ccc(F)cc1)N1CCCC1)c1cn(Cc2ccccc2Cl)nn1. The number of hydrogen-bond donors (Lipinski definition) is 1. The first kappa shape index (κ1) is 20.5. The molecule has 4 rings (SSSR count). The van der Waals surface area contributed by atoms with Gasteiger partial charge in [0, 0.05) is 11.6 Å². The van der Waals surface area contributed by atoms with Crippen molar-refractivity contribution in [1.29, 1.82) is 0 Å². The van der Waals surface area contributed by atoms with Crippen LogP contribution in [0.25, 0.3) is 0 Å². The number of aromatic nitrogens is 3. The second kappa shape index (κ2) is 9.36. The molecule has 6 nitrogen and oxygen atoms in total. The third-order valence-electron chi connectivity index (χ3n) is 5.35. The molecule has 1 fully saturated rings. The van der Waals surface area contributed by atoms with Gasteiger partial charge in [-0.05, 0) is 55.3 Å². The van der Waals surface area contributed by atoms with Crippen LogP contribution in [0.1, 0.15) is 40.5 Å². The summed E-state index contributed by atoms with van der Waals surface area (Å²) in [5.74, 6) is -0.551. The van der Waals surface area contributed by atoms with E-state index in [1.807, 2.05) is 24.3 Å². The molecule has 0 bridgehead atoms. The van der Waals surface area contributed by atoms with Crippen LogP contribution in [-0.4, -0.2) is 45.4 Å². The summed E-state index contributed by atoms with van der Waals surface area (Å²) in [6.07, 6.45) is 3.87. The molecule has 1 amide bonds. The Morgan fingerprint density at radius 1 is 1.13 bits per heavy atom. The zero-order chi connectivity index (χ0) is 20.9. The Bertz CT molecular complexity index is 1000. The van der Waals surface area contributed by atoms with Gasteiger partial charge in [-0.25, -0.2) is 9.07 Å². The average molecular weight is 428 g/mol. The molecule has 1 N–H and O–H groups in total. The zero-order valence-corrected chi connectivity index (χ0v) is 17.2. The topological polar surface area (TPSA) is 63.1 Å². The van der Waals surface area contributed by atoms with E-state index in [4.69, 9.17) is 11.6 Å². The third-order valence-corrected chi connectivity index (χ3v) is 5.72. The average Bonchev–Trinajstić information content (AvgIpc) is 3.44. The summed E-state index contributed by atoms with van der Waals surface area (Å²) < 4.78 is 14.9. The summed E-state index contributed by atoms with van der Waals surface area (Å²) >= 11 is 6.19. The van der Waals surface area contributed by atoms with Crippen LogP contribution in [0.4, 0.5) is 4.39 Å². The number of benzene rings is 2. The van der Waals surface area contributed by atoms with Crippen molar-refractivity contribution in [3.63, 3.8) is 0 Å². The summed E-state index contributed by atoms with van der Waals surface area (Å²) in [6, 6.07) is 14.0. The van der Waals surface area contributed by atoms with Crippen molar-refractivity contribution >= 4 is 17.5 Å². The number of amides is 1. The van der Waals surface area contributed by atoms with Crippen LogP contribution < -0.4 is 5.32 Å². The van der Waals surface area contributed by atoms with Gasteiger partial charge in [-0.3, -0.25) is 9.69 Å². The van der Waals surface area contributed by atoms with Crippen molar-refractivity contribution in [3.05, 3.63) is 82.4 Å². The van der Waals surface area contributed by atoms with E-state index in [1.165, 1.54) is 12.1 Å². The maximum absolute atomic E-state index is 13.3. The zero-order valence-electron chi connectivity index (χ0n) is 16.5. The van der Waals surface area contributed by atoms with E-state index in [9.17, 15) is 9.18 Å². The van der Waals surface area contributed by atoms with Gasteiger partial charge in [0.1, 0.15) is 5.82 Å². The summed E-state index contributed by atoms with van der Waals surface area (Å²) in [7, 11) is 0. The molecule has 2 aromatic carbocycles. The maximum atomic E-state index is 13.3. The van der Waals surface area contributed by atoms with Gasteiger partial charge in [-0.15, -0.1) is 5.10 Å². The highest BCUT2D eigenvalue weighted by Crippen LogP contribution is 2.25. The lowest BCUT2D eigenvalue weighted by atomic mass is 10.1. The molecule has 0 spiro atoms. The Morgan fingerprint density at radius 2 is 1.87 bits per heavy atom. The van der Waals surface area contributed by atoms with Gasteiger partial charge in [0.15, 0.2) is 5.69 Å². The van der Waals surface area contributed by atoms with Crippen LogP contribution in [0, 0.1) is 5.82 Å². The molecular weight excluding hydrogens is 405 g/mol. The standard InChI is InChI=1S/C22H23ClFN5O/c23-19-6-2-1-5-17(19)14-29-15-20(26-27-29)22(30)25-13-21(28-11-3-4-12-28)16-7-9-18(24)10-8-16/h1-2,5-10,15,21H,3-4,11-14H2,(H,25,30). The summed E-state index contributed by atoms with van der Waals surface area (Å²) in [5, 5.41) is 11.6. The smallest absolute Gasteiger partial charge is 0.273 e. The molecule has 1 aliphatic rings. The molecule has 1 atom stereocenters. The predicted molar refractivity (Wildman–Crippen MR) is 113 cm³/mol. The van der Waals surface area contributed by atoms with E-state index in [-0.39, 0.29) is 23.5 Å². The lowest BCUT2D eigenvalue weighted by molar-refractivity contribution is 0.0932. The third kappa shape index (κ3) is 4.86. The van der Waals surface area contributed by atoms with E-state index < -0.39 is 0 Å². The van der Waals surface area contributed by atoms with Crippen LogP contribution in [-0.2, 0) is 6.54 Å². The Kier molecular flexibility index (Phi) is 6.40. The van der Waals surface area contributed by atoms with Crippen molar-refractivity contribution in [3.8, 4) is 0 Å². The largest absolute Gasteiger partial charge is 0.349 e. The van der Waals surface area contributed by atoms with E-state index in [1.54, 1.807) is 23.0 Å². The Hall–Kier alpha value is -2.77. The molecular formula is C22H23ClFN5O. The number of carbonyl (C=O) groups excluding carboxylic acids is 1. The fourth-order valence-electron chi connectivity index (χ4n) is 3.76. The second-order valence-corrected chi connectivity index (χ2v) is 7.82. The number of nitrogens with one attached hydrogen (secondary N) is 1. The predicted octanol–water partition coefficient (Wildman–Crippen LogP) is 3.69. The Morgan fingerprint density at radius 3 is 2.60 bits per heavy atom. The van der Waals surface area contributed by atoms with Crippen molar-refractivity contribution in [2.24, 2.45) is 0 Å². The van der Waals surface area contributed by atoms with Crippen LogP contribution in [0.15, 0.2) is 54.7 Å². The van der Waals surface area contributed by atoms with Gasteiger partial charge in [-0.1, -0.05) is 47.1 Å². The van der Waals surface area contributed by atoms with E-state index in [2.05, 4.69) is 20.5 Å². The fourth-order valence-corrected chi connectivity index (χ4v) is 3.95. The van der Waals surface area contributed by atoms with E-state index in [0.717, 1.165) is 37.1 Å². The fraction of sp³-hybridized carbons (Fsp3) is 0.318. The molecule has 0 aliphatic carbocycles. The lowest BCUT2D eigenvalue weighted by Crippen LogP contribution is -2.37. The van der Waals surface area contributed by atoms with Crippen LogP contribution in [0.3, 0.4) is 0 Å². The highest BCUT2D eigenvalue weighted by atomic mass is 35.5. The Balaban J connectivity index is 1.41. The van der Waals surface area contributed by atoms with Gasteiger partial charge in [0.2, 0.25) is 0 Å². The Labute approximate surface area is 179 Å². The molecule has 2 heterocycles. The molecule has 8 heteroatoms. The first-order valence-corrected chi connectivity index (χ1v) is 10.4. The van der Waals surface area contributed by atoms with Crippen LogP contribution >= 0.6 is 11.6 Å². The van der Waals surface area contributed by atoms with Crippen LogP contribution in [0.2, 0.25) is 5.02 Å². The molecule has 0 saturated carbocycles. The monoisotopic (exact) mass is 427 g/mol. The minimum atomic E-state index is -0.285. The van der Waals surface area contributed by atoms with Gasteiger partial charge in [0.25, 0.3) is 5.91 Å². The highest BCUT2D eigenvalue weighted by molar-refractivity contribution is 6.31. The molecule has 1 aromatic heterocycles. The van der Waals surface area contributed by atoms with Crippen molar-refractivity contribution in [1.82, 2.24) is 25.2 Å². The summed E-state index contributed by atoms with van der Waals surface area (Å²) in [4.78, 5) is 15.0. The normalized spacial score (nSPS) is 15.3. The minimum Gasteiger partial charge on any atom is -0.349 e. The highest BCUT2D eigenvalue weighted by Gasteiger charge is 2.24. The summed E-state index contributed by atoms with van der Waals surface area (Å²) in [6.45, 7) is 2.78. The molecule has 1 saturated heterocycles.